The Kier molecular flexibility index (Phi) is 4.55. The fourth-order valence-corrected chi connectivity index (χ4v) is 2.49. The standard InChI is InChI=1S/C16H14F2N4O3/c1-9-14-15(19-8-20-16(14)25-21-9)22(5-4-13(23)24)7-10-2-3-11(17)12(18)6-10/h2-3,6,8H,4-5,7H2,1H3,(H,23,24). The molecule has 3 rings (SSSR count). The number of halogens is 2. The first-order valence-corrected chi connectivity index (χ1v) is 7.43. The second-order valence-corrected chi connectivity index (χ2v) is 5.46. The monoisotopic (exact) mass is 348 g/mol. The molecule has 0 atom stereocenters. The number of hydrogen-bond acceptors (Lipinski definition) is 6. The van der Waals surface area contributed by atoms with E-state index in [0.29, 0.717) is 22.5 Å². The first kappa shape index (κ1) is 16.7. The number of aromatic nitrogens is 3. The van der Waals surface area contributed by atoms with E-state index in [1.54, 1.807) is 11.8 Å². The molecule has 25 heavy (non-hydrogen) atoms. The maximum atomic E-state index is 13.5. The second kappa shape index (κ2) is 6.80. The molecule has 7 nitrogen and oxygen atoms in total. The lowest BCUT2D eigenvalue weighted by molar-refractivity contribution is -0.136. The zero-order chi connectivity index (χ0) is 18.0. The van der Waals surface area contributed by atoms with Crippen molar-refractivity contribution >= 4 is 22.9 Å². The van der Waals surface area contributed by atoms with Crippen LogP contribution < -0.4 is 4.90 Å². The summed E-state index contributed by atoms with van der Waals surface area (Å²) in [6.07, 6.45) is 1.13. The van der Waals surface area contributed by atoms with Crippen LogP contribution in [0.4, 0.5) is 14.6 Å². The molecule has 3 aromatic rings. The third-order valence-corrected chi connectivity index (χ3v) is 3.68. The number of aryl methyl sites for hydroxylation is 1. The smallest absolute Gasteiger partial charge is 0.305 e. The van der Waals surface area contributed by atoms with Gasteiger partial charge in [-0.25, -0.2) is 13.8 Å². The number of anilines is 1. The van der Waals surface area contributed by atoms with Crippen molar-refractivity contribution in [1.82, 2.24) is 15.1 Å². The minimum atomic E-state index is -0.984. The fourth-order valence-electron chi connectivity index (χ4n) is 2.49. The van der Waals surface area contributed by atoms with Crippen LogP contribution in [0.3, 0.4) is 0 Å². The minimum absolute atomic E-state index is 0.116. The Morgan fingerprint density at radius 2 is 2.08 bits per heavy atom. The van der Waals surface area contributed by atoms with Gasteiger partial charge < -0.3 is 14.5 Å². The van der Waals surface area contributed by atoms with E-state index in [0.717, 1.165) is 12.1 Å². The van der Waals surface area contributed by atoms with Gasteiger partial charge in [-0.05, 0) is 24.6 Å². The van der Waals surface area contributed by atoms with E-state index >= 15 is 0 Å². The van der Waals surface area contributed by atoms with Gasteiger partial charge in [0.2, 0.25) is 0 Å². The van der Waals surface area contributed by atoms with Crippen molar-refractivity contribution in [1.29, 1.82) is 0 Å². The van der Waals surface area contributed by atoms with Crippen molar-refractivity contribution in [2.75, 3.05) is 11.4 Å². The van der Waals surface area contributed by atoms with Crippen LogP contribution in [0.15, 0.2) is 29.0 Å². The molecule has 2 heterocycles. The first-order valence-electron chi connectivity index (χ1n) is 7.43. The Morgan fingerprint density at radius 1 is 1.28 bits per heavy atom. The summed E-state index contributed by atoms with van der Waals surface area (Å²) in [7, 11) is 0. The van der Waals surface area contributed by atoms with E-state index < -0.39 is 17.6 Å². The summed E-state index contributed by atoms with van der Waals surface area (Å²) < 4.78 is 31.7. The predicted octanol–water partition coefficient (Wildman–Crippen LogP) is 2.69. The first-order chi connectivity index (χ1) is 12.0. The summed E-state index contributed by atoms with van der Waals surface area (Å²) in [4.78, 5) is 20.8. The number of nitrogens with zero attached hydrogens (tertiary/aromatic N) is 4. The maximum Gasteiger partial charge on any atom is 0.305 e. The molecule has 0 saturated carbocycles. The molecule has 0 amide bonds. The van der Waals surface area contributed by atoms with Crippen molar-refractivity contribution in [3.8, 4) is 0 Å². The molecule has 0 bridgehead atoms. The Labute approximate surface area is 140 Å². The van der Waals surface area contributed by atoms with Gasteiger partial charge in [0.25, 0.3) is 5.71 Å². The van der Waals surface area contributed by atoms with Crippen LogP contribution >= 0.6 is 0 Å². The van der Waals surface area contributed by atoms with E-state index in [2.05, 4.69) is 15.1 Å². The lowest BCUT2D eigenvalue weighted by Gasteiger charge is -2.23. The normalized spacial score (nSPS) is 11.0. The van der Waals surface area contributed by atoms with Crippen LogP contribution in [-0.4, -0.2) is 32.7 Å². The number of rotatable bonds is 6. The molecule has 1 aromatic carbocycles. The third kappa shape index (κ3) is 3.54. The Balaban J connectivity index is 1.99. The maximum absolute atomic E-state index is 13.5. The molecule has 2 aromatic heterocycles. The Bertz CT molecular complexity index is 929. The number of carboxylic acids is 1. The zero-order valence-corrected chi connectivity index (χ0v) is 13.2. The van der Waals surface area contributed by atoms with Gasteiger partial charge in [0, 0.05) is 13.1 Å². The zero-order valence-electron chi connectivity index (χ0n) is 13.2. The summed E-state index contributed by atoms with van der Waals surface area (Å²) in [6.45, 7) is 1.97. The molecular formula is C16H14F2N4O3. The largest absolute Gasteiger partial charge is 0.481 e. The van der Waals surface area contributed by atoms with E-state index in [1.807, 2.05) is 0 Å². The lowest BCUT2D eigenvalue weighted by atomic mass is 10.2. The van der Waals surface area contributed by atoms with Crippen molar-refractivity contribution in [2.45, 2.75) is 19.9 Å². The predicted molar refractivity (Wildman–Crippen MR) is 84.0 cm³/mol. The van der Waals surface area contributed by atoms with Gasteiger partial charge in [-0.2, -0.15) is 4.98 Å². The van der Waals surface area contributed by atoms with Crippen LogP contribution in [0.5, 0.6) is 0 Å². The van der Waals surface area contributed by atoms with Crippen LogP contribution in [-0.2, 0) is 11.3 Å². The van der Waals surface area contributed by atoms with Crippen LogP contribution in [0.1, 0.15) is 17.7 Å². The second-order valence-electron chi connectivity index (χ2n) is 5.46. The quantitative estimate of drug-likeness (QED) is 0.732. The summed E-state index contributed by atoms with van der Waals surface area (Å²) in [5.41, 5.74) is 1.30. The van der Waals surface area contributed by atoms with Crippen LogP contribution in [0.25, 0.3) is 11.1 Å². The molecule has 0 aliphatic heterocycles. The highest BCUT2D eigenvalue weighted by Crippen LogP contribution is 2.27. The molecule has 0 saturated heterocycles. The Morgan fingerprint density at radius 3 is 2.80 bits per heavy atom. The average molecular weight is 348 g/mol. The third-order valence-electron chi connectivity index (χ3n) is 3.68. The van der Waals surface area contributed by atoms with Crippen LogP contribution in [0.2, 0.25) is 0 Å². The number of fused-ring (bicyclic) bond motifs is 1. The summed E-state index contributed by atoms with van der Waals surface area (Å²) >= 11 is 0. The average Bonchev–Trinajstić information content (AvgIpc) is 2.96. The van der Waals surface area contributed by atoms with E-state index in [1.165, 1.54) is 12.4 Å². The highest BCUT2D eigenvalue weighted by Gasteiger charge is 2.19. The molecule has 0 spiro atoms. The molecule has 0 unspecified atom stereocenters. The molecule has 0 aliphatic carbocycles. The van der Waals surface area contributed by atoms with Gasteiger partial charge in [-0.15, -0.1) is 0 Å². The van der Waals surface area contributed by atoms with E-state index in [4.69, 9.17) is 9.63 Å². The molecule has 1 N–H and O–H groups in total. The Hall–Kier alpha value is -3.10. The SMILES string of the molecule is Cc1noc2ncnc(N(CCC(=O)O)Cc3ccc(F)c(F)c3)c12. The molecule has 0 fully saturated rings. The number of carbonyl (C=O) groups is 1. The van der Waals surface area contributed by atoms with Crippen molar-refractivity contribution in [3.05, 3.63) is 47.4 Å². The van der Waals surface area contributed by atoms with E-state index in [9.17, 15) is 13.6 Å². The summed E-state index contributed by atoms with van der Waals surface area (Å²) in [5.74, 6) is -2.47. The molecule has 0 radical (unpaired) electrons. The number of benzene rings is 1. The fraction of sp³-hybridized carbons (Fsp3) is 0.250. The van der Waals surface area contributed by atoms with E-state index in [-0.39, 0.29) is 25.2 Å². The molecular weight excluding hydrogens is 334 g/mol. The van der Waals surface area contributed by atoms with Gasteiger partial charge in [0.15, 0.2) is 11.6 Å². The van der Waals surface area contributed by atoms with Gasteiger partial charge >= 0.3 is 5.97 Å². The number of hydrogen-bond donors (Lipinski definition) is 1. The summed E-state index contributed by atoms with van der Waals surface area (Å²) in [5, 5.41) is 13.4. The summed E-state index contributed by atoms with van der Waals surface area (Å²) in [6, 6.07) is 3.53. The molecule has 9 heteroatoms. The van der Waals surface area contributed by atoms with Gasteiger partial charge in [-0.3, -0.25) is 4.79 Å². The number of aliphatic carboxylic acids is 1. The van der Waals surface area contributed by atoms with Crippen molar-refractivity contribution in [3.63, 3.8) is 0 Å². The van der Waals surface area contributed by atoms with Gasteiger partial charge in [0.1, 0.15) is 17.5 Å². The number of carboxylic acid groups (broad SMARTS) is 1. The lowest BCUT2D eigenvalue weighted by Crippen LogP contribution is -2.27. The van der Waals surface area contributed by atoms with Crippen molar-refractivity contribution in [2.24, 2.45) is 0 Å². The molecule has 0 aliphatic rings. The molecule has 130 valence electrons. The highest BCUT2D eigenvalue weighted by molar-refractivity contribution is 5.88. The topological polar surface area (TPSA) is 92.4 Å². The van der Waals surface area contributed by atoms with Gasteiger partial charge in [-0.1, -0.05) is 11.2 Å². The minimum Gasteiger partial charge on any atom is -0.481 e. The van der Waals surface area contributed by atoms with Crippen LogP contribution in [0, 0.1) is 18.6 Å². The van der Waals surface area contributed by atoms with Gasteiger partial charge in [0.05, 0.1) is 12.1 Å². The van der Waals surface area contributed by atoms with Crippen molar-refractivity contribution < 1.29 is 23.2 Å². The highest BCUT2D eigenvalue weighted by atomic mass is 19.2.